The van der Waals surface area contributed by atoms with Gasteiger partial charge >= 0.3 is 0 Å². The number of benzene rings is 2. The second-order valence-corrected chi connectivity index (χ2v) is 8.10. The van der Waals surface area contributed by atoms with Crippen LogP contribution in [0.15, 0.2) is 60.9 Å². The number of aromatic nitrogens is 2. The van der Waals surface area contributed by atoms with E-state index in [1.54, 1.807) is 18.5 Å². The molecule has 0 unspecified atom stereocenters. The van der Waals surface area contributed by atoms with Crippen LogP contribution in [0.3, 0.4) is 0 Å². The average molecular weight is 444 g/mol. The number of hydrogen-bond donors (Lipinski definition) is 4. The molecule has 32 heavy (non-hydrogen) atoms. The number of carbonyl (C=O) groups is 1. The zero-order chi connectivity index (χ0) is 22.3. The number of hydrogen-bond acceptors (Lipinski definition) is 7. The Morgan fingerprint density at radius 2 is 2.03 bits per heavy atom. The molecule has 0 aliphatic carbocycles. The van der Waals surface area contributed by atoms with Crippen LogP contribution in [0.2, 0.25) is 0 Å². The monoisotopic (exact) mass is 443 g/mol. The van der Waals surface area contributed by atoms with Crippen LogP contribution in [0, 0.1) is 11.8 Å². The lowest BCUT2D eigenvalue weighted by atomic mass is 10.1. The number of nitrogens with zero attached hydrogens (tertiary/aromatic N) is 2. The fraction of sp³-hybridized carbons (Fsp3) is 0.125. The minimum Gasteiger partial charge on any atom is -0.506 e. The fourth-order valence-corrected chi connectivity index (χ4v) is 3.92. The molecular weight excluding hydrogens is 422 g/mol. The molecule has 0 spiro atoms. The van der Waals surface area contributed by atoms with E-state index in [-0.39, 0.29) is 11.7 Å². The summed E-state index contributed by atoms with van der Waals surface area (Å²) in [5.74, 6) is 6.08. The number of aromatic hydroxyl groups is 1. The van der Waals surface area contributed by atoms with Gasteiger partial charge in [0.25, 0.3) is 0 Å². The first-order chi connectivity index (χ1) is 15.6. The third-order valence-corrected chi connectivity index (χ3v) is 5.45. The zero-order valence-corrected chi connectivity index (χ0v) is 17.9. The van der Waals surface area contributed by atoms with Crippen molar-refractivity contribution in [3.63, 3.8) is 0 Å². The van der Waals surface area contributed by atoms with E-state index in [9.17, 15) is 9.90 Å². The standard InChI is InChI=1S/C24H21N5O2S/c25-24-29-23-20(30)12-17(13-21(23)32-24)5-3-11-27-18-6-1-7-19(14-18)28-22(31)9-8-16-4-2-10-26-15-16/h1-2,4,6-7,10,12-15,27,30H,8-9,11H2,(H2,25,29)(H,28,31). The summed E-state index contributed by atoms with van der Waals surface area (Å²) in [4.78, 5) is 20.4. The summed E-state index contributed by atoms with van der Waals surface area (Å²) in [7, 11) is 0. The highest BCUT2D eigenvalue weighted by Crippen LogP contribution is 2.31. The lowest BCUT2D eigenvalue weighted by Gasteiger charge is -2.08. The molecule has 0 bridgehead atoms. The van der Waals surface area contributed by atoms with E-state index in [1.807, 2.05) is 42.5 Å². The van der Waals surface area contributed by atoms with Crippen LogP contribution in [0.25, 0.3) is 10.2 Å². The van der Waals surface area contributed by atoms with Crippen LogP contribution in [-0.2, 0) is 11.2 Å². The van der Waals surface area contributed by atoms with Gasteiger partial charge in [0.05, 0.1) is 11.2 Å². The predicted molar refractivity (Wildman–Crippen MR) is 129 cm³/mol. The highest BCUT2D eigenvalue weighted by Gasteiger charge is 2.07. The number of carbonyl (C=O) groups excluding carboxylic acids is 1. The van der Waals surface area contributed by atoms with E-state index in [2.05, 4.69) is 32.4 Å². The van der Waals surface area contributed by atoms with Gasteiger partial charge in [-0.2, -0.15) is 0 Å². The molecule has 4 rings (SSSR count). The Balaban J connectivity index is 1.31. The van der Waals surface area contributed by atoms with Crippen molar-refractivity contribution < 1.29 is 9.90 Å². The molecule has 2 aromatic carbocycles. The number of nitrogen functional groups attached to an aromatic ring is 1. The quantitative estimate of drug-likeness (QED) is 0.335. The van der Waals surface area contributed by atoms with E-state index >= 15 is 0 Å². The first kappa shape index (κ1) is 21.2. The van der Waals surface area contributed by atoms with Crippen LogP contribution in [0.4, 0.5) is 16.5 Å². The first-order valence-electron chi connectivity index (χ1n) is 9.97. The molecule has 2 heterocycles. The van der Waals surface area contributed by atoms with Gasteiger partial charge in [-0.15, -0.1) is 0 Å². The Bertz CT molecular complexity index is 1310. The Morgan fingerprint density at radius 3 is 2.88 bits per heavy atom. The third-order valence-electron chi connectivity index (χ3n) is 4.61. The number of anilines is 3. The Morgan fingerprint density at radius 1 is 1.16 bits per heavy atom. The molecule has 0 aliphatic rings. The van der Waals surface area contributed by atoms with E-state index in [0.717, 1.165) is 21.6 Å². The summed E-state index contributed by atoms with van der Waals surface area (Å²) in [5.41, 5.74) is 9.48. The molecule has 0 aliphatic heterocycles. The van der Waals surface area contributed by atoms with Crippen LogP contribution < -0.4 is 16.4 Å². The SMILES string of the molecule is Nc1nc2c(O)cc(C#CCNc3cccc(NC(=O)CCc4cccnc4)c3)cc2s1. The maximum absolute atomic E-state index is 12.2. The number of pyridine rings is 1. The molecule has 0 saturated carbocycles. The maximum atomic E-state index is 12.2. The lowest BCUT2D eigenvalue weighted by Crippen LogP contribution is -2.12. The fourth-order valence-electron chi connectivity index (χ4n) is 3.13. The highest BCUT2D eigenvalue weighted by molar-refractivity contribution is 7.22. The summed E-state index contributed by atoms with van der Waals surface area (Å²) < 4.78 is 0.798. The van der Waals surface area contributed by atoms with Gasteiger partial charge in [0.15, 0.2) is 5.13 Å². The molecule has 5 N–H and O–H groups in total. The predicted octanol–water partition coefficient (Wildman–Crippen LogP) is 4.01. The maximum Gasteiger partial charge on any atom is 0.224 e. The minimum absolute atomic E-state index is 0.0512. The van der Waals surface area contributed by atoms with Gasteiger partial charge in [-0.3, -0.25) is 9.78 Å². The smallest absolute Gasteiger partial charge is 0.224 e. The van der Waals surface area contributed by atoms with Crippen molar-refractivity contribution in [2.75, 3.05) is 22.9 Å². The molecule has 0 atom stereocenters. The van der Waals surface area contributed by atoms with Crippen molar-refractivity contribution >= 4 is 44.0 Å². The van der Waals surface area contributed by atoms with Gasteiger partial charge < -0.3 is 21.5 Å². The van der Waals surface area contributed by atoms with E-state index in [0.29, 0.717) is 35.6 Å². The largest absolute Gasteiger partial charge is 0.506 e. The summed E-state index contributed by atoms with van der Waals surface area (Å²) >= 11 is 1.31. The molecule has 0 saturated heterocycles. The van der Waals surface area contributed by atoms with Gasteiger partial charge in [-0.1, -0.05) is 35.3 Å². The van der Waals surface area contributed by atoms with Crippen LogP contribution in [-0.4, -0.2) is 27.5 Å². The third kappa shape index (κ3) is 5.53. The second kappa shape index (κ2) is 9.81. The zero-order valence-electron chi connectivity index (χ0n) is 17.1. The van der Waals surface area contributed by atoms with Crippen molar-refractivity contribution in [1.29, 1.82) is 0 Å². The molecule has 4 aromatic rings. The van der Waals surface area contributed by atoms with Gasteiger partial charge in [0.1, 0.15) is 11.3 Å². The van der Waals surface area contributed by atoms with Crippen LogP contribution in [0.1, 0.15) is 17.5 Å². The summed E-state index contributed by atoms with van der Waals surface area (Å²) in [6.07, 6.45) is 4.51. The first-order valence-corrected chi connectivity index (χ1v) is 10.8. The molecule has 0 fully saturated rings. The van der Waals surface area contributed by atoms with Gasteiger partial charge in [0.2, 0.25) is 5.91 Å². The Hall–Kier alpha value is -4.09. The molecule has 1 amide bonds. The van der Waals surface area contributed by atoms with Crippen molar-refractivity contribution in [2.45, 2.75) is 12.8 Å². The number of phenols is 1. The number of fused-ring (bicyclic) bond motifs is 1. The van der Waals surface area contributed by atoms with Crippen molar-refractivity contribution in [1.82, 2.24) is 9.97 Å². The van der Waals surface area contributed by atoms with Crippen LogP contribution in [0.5, 0.6) is 5.75 Å². The normalized spacial score (nSPS) is 10.4. The lowest BCUT2D eigenvalue weighted by molar-refractivity contribution is -0.116. The number of phenolic OH excluding ortho intramolecular Hbond substituents is 1. The molecule has 0 radical (unpaired) electrons. The minimum atomic E-state index is -0.0512. The molecule has 7 nitrogen and oxygen atoms in total. The average Bonchev–Trinajstić information content (AvgIpc) is 3.17. The number of aryl methyl sites for hydroxylation is 1. The molecule has 160 valence electrons. The van der Waals surface area contributed by atoms with E-state index in [1.165, 1.54) is 11.3 Å². The Labute approximate surface area is 189 Å². The number of rotatable bonds is 6. The Kier molecular flexibility index (Phi) is 6.49. The number of nitrogens with two attached hydrogens (primary N) is 1. The number of nitrogens with one attached hydrogen (secondary N) is 2. The topological polar surface area (TPSA) is 113 Å². The van der Waals surface area contributed by atoms with Gasteiger partial charge in [-0.05, 0) is 48.4 Å². The van der Waals surface area contributed by atoms with Crippen LogP contribution >= 0.6 is 11.3 Å². The molecular formula is C24H21N5O2S. The summed E-state index contributed by atoms with van der Waals surface area (Å²) in [6.45, 7) is 0.405. The van der Waals surface area contributed by atoms with Gasteiger partial charge in [-0.25, -0.2) is 4.98 Å². The van der Waals surface area contributed by atoms with Crippen molar-refractivity contribution in [3.05, 3.63) is 72.1 Å². The van der Waals surface area contributed by atoms with E-state index < -0.39 is 0 Å². The highest BCUT2D eigenvalue weighted by atomic mass is 32.1. The van der Waals surface area contributed by atoms with Crippen molar-refractivity contribution in [2.24, 2.45) is 0 Å². The number of thiazole rings is 1. The molecule has 8 heteroatoms. The summed E-state index contributed by atoms with van der Waals surface area (Å²) in [5, 5.41) is 16.6. The van der Waals surface area contributed by atoms with E-state index in [4.69, 9.17) is 5.73 Å². The second-order valence-electron chi connectivity index (χ2n) is 7.04. The summed E-state index contributed by atoms with van der Waals surface area (Å²) in [6, 6.07) is 14.7. The van der Waals surface area contributed by atoms with Crippen molar-refractivity contribution in [3.8, 4) is 17.6 Å². The number of amides is 1. The molecule has 2 aromatic heterocycles. The van der Waals surface area contributed by atoms with Gasteiger partial charge in [0, 0.05) is 35.8 Å².